The zero-order valence-corrected chi connectivity index (χ0v) is 17.3. The van der Waals surface area contributed by atoms with Gasteiger partial charge in [0.15, 0.2) is 0 Å². The number of hydrogen-bond acceptors (Lipinski definition) is 5. The highest BCUT2D eigenvalue weighted by Gasteiger charge is 2.15. The molecule has 0 atom stereocenters. The summed E-state index contributed by atoms with van der Waals surface area (Å²) in [6.07, 6.45) is 3.89. The number of nitrogens with zero attached hydrogens (tertiary/aromatic N) is 3. The van der Waals surface area contributed by atoms with Crippen LogP contribution in [0.15, 0.2) is 60.2 Å². The van der Waals surface area contributed by atoms with Crippen molar-refractivity contribution in [2.75, 3.05) is 13.1 Å². The fourth-order valence-corrected chi connectivity index (χ4v) is 4.54. The van der Waals surface area contributed by atoms with Crippen molar-refractivity contribution in [3.8, 4) is 11.5 Å². The van der Waals surface area contributed by atoms with Gasteiger partial charge in [0.05, 0.1) is 21.9 Å². The van der Waals surface area contributed by atoms with Gasteiger partial charge in [-0.15, -0.1) is 11.3 Å². The van der Waals surface area contributed by atoms with E-state index in [1.54, 1.807) is 17.5 Å². The van der Waals surface area contributed by atoms with Crippen LogP contribution in [0.1, 0.15) is 22.4 Å². The maximum Gasteiger partial charge on any atom is 0.145 e. The van der Waals surface area contributed by atoms with Gasteiger partial charge < -0.3 is 4.74 Å². The molecule has 146 valence electrons. The van der Waals surface area contributed by atoms with Crippen LogP contribution in [-0.4, -0.2) is 28.0 Å². The molecule has 1 aliphatic heterocycles. The van der Waals surface area contributed by atoms with Gasteiger partial charge >= 0.3 is 0 Å². The van der Waals surface area contributed by atoms with Gasteiger partial charge in [-0.1, -0.05) is 12.1 Å². The molecule has 0 spiro atoms. The van der Waals surface area contributed by atoms with Crippen LogP contribution in [0.25, 0.3) is 10.2 Å². The van der Waals surface area contributed by atoms with E-state index >= 15 is 0 Å². The summed E-state index contributed by atoms with van der Waals surface area (Å²) >= 11 is 1.70. The van der Waals surface area contributed by atoms with Gasteiger partial charge in [0.1, 0.15) is 11.5 Å². The maximum atomic E-state index is 6.01. The minimum Gasteiger partial charge on any atom is -0.456 e. The van der Waals surface area contributed by atoms with Gasteiger partial charge in [0.25, 0.3) is 0 Å². The van der Waals surface area contributed by atoms with Gasteiger partial charge in [-0.3, -0.25) is 9.88 Å². The molecule has 2 aromatic carbocycles. The summed E-state index contributed by atoms with van der Waals surface area (Å²) in [6.45, 7) is 5.08. The molecule has 0 bridgehead atoms. The maximum absolute atomic E-state index is 6.01. The van der Waals surface area contributed by atoms with Crippen molar-refractivity contribution in [3.63, 3.8) is 0 Å². The Balaban J connectivity index is 1.27. The van der Waals surface area contributed by atoms with E-state index in [0.29, 0.717) is 0 Å². The number of thiazole rings is 1. The Bertz CT molecular complexity index is 1140. The first-order chi connectivity index (χ1) is 14.2. The molecule has 2 aromatic heterocycles. The minimum absolute atomic E-state index is 0.781. The Hall–Kier alpha value is -2.76. The molecule has 29 heavy (non-hydrogen) atoms. The molecule has 0 unspecified atom stereocenters. The van der Waals surface area contributed by atoms with E-state index in [4.69, 9.17) is 4.74 Å². The van der Waals surface area contributed by atoms with Crippen molar-refractivity contribution in [2.24, 2.45) is 0 Å². The molecule has 5 rings (SSSR count). The average molecular weight is 402 g/mol. The van der Waals surface area contributed by atoms with Crippen molar-refractivity contribution in [2.45, 2.75) is 26.3 Å². The summed E-state index contributed by atoms with van der Waals surface area (Å²) in [5.41, 5.74) is 8.18. The fourth-order valence-electron chi connectivity index (χ4n) is 3.88. The third kappa shape index (κ3) is 4.16. The SMILES string of the molecule is Cc1ccc(Oc2ccc3c(c2)CCN(Cc2ccc4scnc4c2)CC3)cn1. The number of aromatic nitrogens is 2. The Morgan fingerprint density at radius 2 is 1.79 bits per heavy atom. The lowest BCUT2D eigenvalue weighted by Crippen LogP contribution is -2.25. The second-order valence-corrected chi connectivity index (χ2v) is 8.48. The van der Waals surface area contributed by atoms with Crippen LogP contribution in [0.3, 0.4) is 0 Å². The van der Waals surface area contributed by atoms with Crippen molar-refractivity contribution >= 4 is 21.6 Å². The zero-order valence-electron chi connectivity index (χ0n) is 16.5. The standard InChI is InChI=1S/C24H23N3OS/c1-17-2-5-22(14-25-17)28-21-6-4-19-8-10-27(11-9-20(19)13-21)15-18-3-7-24-23(12-18)26-16-29-24/h2-7,12-14,16H,8-11,15H2,1H3. The van der Waals surface area contributed by atoms with E-state index in [1.807, 2.05) is 24.6 Å². The molecule has 0 saturated heterocycles. The summed E-state index contributed by atoms with van der Waals surface area (Å²) in [6, 6.07) is 17.1. The highest BCUT2D eigenvalue weighted by Crippen LogP contribution is 2.27. The summed E-state index contributed by atoms with van der Waals surface area (Å²) in [7, 11) is 0. The van der Waals surface area contributed by atoms with E-state index in [2.05, 4.69) is 51.3 Å². The minimum atomic E-state index is 0.781. The van der Waals surface area contributed by atoms with Crippen molar-refractivity contribution in [1.82, 2.24) is 14.9 Å². The highest BCUT2D eigenvalue weighted by atomic mass is 32.1. The summed E-state index contributed by atoms with van der Waals surface area (Å²) < 4.78 is 7.27. The van der Waals surface area contributed by atoms with Gasteiger partial charge in [0.2, 0.25) is 0 Å². The molecule has 0 aliphatic carbocycles. The highest BCUT2D eigenvalue weighted by molar-refractivity contribution is 7.16. The number of rotatable bonds is 4. The van der Waals surface area contributed by atoms with Gasteiger partial charge in [-0.05, 0) is 72.9 Å². The van der Waals surface area contributed by atoms with Crippen LogP contribution < -0.4 is 4.74 Å². The lowest BCUT2D eigenvalue weighted by molar-refractivity contribution is 0.279. The van der Waals surface area contributed by atoms with Gasteiger partial charge in [0, 0.05) is 25.3 Å². The average Bonchev–Trinajstić information content (AvgIpc) is 3.11. The molecule has 1 aliphatic rings. The Morgan fingerprint density at radius 3 is 2.66 bits per heavy atom. The number of aryl methyl sites for hydroxylation is 1. The molecule has 0 N–H and O–H groups in total. The number of fused-ring (bicyclic) bond motifs is 2. The predicted molar refractivity (Wildman–Crippen MR) is 118 cm³/mol. The summed E-state index contributed by atoms with van der Waals surface area (Å²) in [5, 5.41) is 0. The Kier molecular flexibility index (Phi) is 5.00. The second kappa shape index (κ2) is 7.93. The first-order valence-corrected chi connectivity index (χ1v) is 10.9. The number of ether oxygens (including phenoxy) is 1. The van der Waals surface area contributed by atoms with Crippen molar-refractivity contribution < 1.29 is 4.74 Å². The summed E-state index contributed by atoms with van der Waals surface area (Å²) in [5.74, 6) is 1.67. The van der Waals surface area contributed by atoms with Gasteiger partial charge in [-0.25, -0.2) is 4.98 Å². The molecule has 4 aromatic rings. The van der Waals surface area contributed by atoms with Crippen molar-refractivity contribution in [3.05, 3.63) is 82.6 Å². The molecule has 4 nitrogen and oxygen atoms in total. The quantitative estimate of drug-likeness (QED) is 0.459. The molecular weight excluding hydrogens is 378 g/mol. The first kappa shape index (κ1) is 18.3. The first-order valence-electron chi connectivity index (χ1n) is 10.00. The Morgan fingerprint density at radius 1 is 0.931 bits per heavy atom. The zero-order chi connectivity index (χ0) is 19.6. The van der Waals surface area contributed by atoms with E-state index in [9.17, 15) is 0 Å². The van der Waals surface area contributed by atoms with Crippen LogP contribution in [0, 0.1) is 6.92 Å². The van der Waals surface area contributed by atoms with Gasteiger partial charge in [-0.2, -0.15) is 0 Å². The molecule has 0 fully saturated rings. The molecule has 0 radical (unpaired) electrons. The smallest absolute Gasteiger partial charge is 0.145 e. The topological polar surface area (TPSA) is 38.2 Å². The molecule has 5 heteroatoms. The molecular formula is C24H23N3OS. The van der Waals surface area contributed by atoms with E-state index < -0.39 is 0 Å². The molecule has 3 heterocycles. The van der Waals surface area contributed by atoms with E-state index in [1.165, 1.54) is 21.4 Å². The number of hydrogen-bond donors (Lipinski definition) is 0. The Labute approximate surface area is 174 Å². The lowest BCUT2D eigenvalue weighted by Gasteiger charge is -2.19. The van der Waals surface area contributed by atoms with Crippen LogP contribution in [-0.2, 0) is 19.4 Å². The summed E-state index contributed by atoms with van der Waals surface area (Å²) in [4.78, 5) is 11.3. The van der Waals surface area contributed by atoms with E-state index in [-0.39, 0.29) is 0 Å². The third-order valence-corrected chi connectivity index (χ3v) is 6.30. The van der Waals surface area contributed by atoms with Crippen LogP contribution in [0.4, 0.5) is 0 Å². The molecule has 0 saturated carbocycles. The number of benzene rings is 2. The van der Waals surface area contributed by atoms with Crippen LogP contribution in [0.2, 0.25) is 0 Å². The normalized spacial score (nSPS) is 14.5. The van der Waals surface area contributed by atoms with Crippen LogP contribution >= 0.6 is 11.3 Å². The fraction of sp³-hybridized carbons (Fsp3) is 0.250. The van der Waals surface area contributed by atoms with Crippen molar-refractivity contribution in [1.29, 1.82) is 0 Å². The molecule has 0 amide bonds. The van der Waals surface area contributed by atoms with Crippen LogP contribution in [0.5, 0.6) is 11.5 Å². The second-order valence-electron chi connectivity index (χ2n) is 7.60. The largest absolute Gasteiger partial charge is 0.456 e. The lowest BCUT2D eigenvalue weighted by atomic mass is 10.0. The number of pyridine rings is 1. The van der Waals surface area contributed by atoms with E-state index in [0.717, 1.165) is 55.2 Å². The third-order valence-electron chi connectivity index (χ3n) is 5.49. The monoisotopic (exact) mass is 401 g/mol. The predicted octanol–water partition coefficient (Wildman–Crippen LogP) is 5.39.